The largest absolute Gasteiger partial charge is 0.370 e. The minimum atomic E-state index is -0.743. The third kappa shape index (κ3) is 1.85. The van der Waals surface area contributed by atoms with Gasteiger partial charge in [-0.05, 0) is 33.6 Å². The van der Waals surface area contributed by atoms with Gasteiger partial charge in [-0.2, -0.15) is 0 Å². The fourth-order valence-electron chi connectivity index (χ4n) is 1.33. The van der Waals surface area contributed by atoms with E-state index in [4.69, 9.17) is 5.73 Å². The van der Waals surface area contributed by atoms with Crippen LogP contribution < -0.4 is 11.1 Å². The second-order valence-electron chi connectivity index (χ2n) is 3.08. The van der Waals surface area contributed by atoms with E-state index in [0.717, 1.165) is 0 Å². The molecule has 78 valence electrons. The molecule has 3 N–H and O–H groups in total. The summed E-state index contributed by atoms with van der Waals surface area (Å²) in [6.07, 6.45) is 0. The summed E-state index contributed by atoms with van der Waals surface area (Å²) in [5, 5.41) is 2.35. The smallest absolute Gasteiger partial charge is 0.256 e. The number of amides is 1. The Morgan fingerprint density at radius 2 is 2.27 bits per heavy atom. The number of rotatable bonds is 1. The summed E-state index contributed by atoms with van der Waals surface area (Å²) >= 11 is 3.03. The molecule has 1 aromatic carbocycles. The Morgan fingerprint density at radius 3 is 2.80 bits per heavy atom. The fourth-order valence-corrected chi connectivity index (χ4v) is 1.58. The highest BCUT2D eigenvalue weighted by molar-refractivity contribution is 9.10. The molecule has 1 unspecified atom stereocenters. The molecular formula is C9H7BrFN3O. The second-order valence-corrected chi connectivity index (χ2v) is 3.93. The maximum Gasteiger partial charge on any atom is 0.256 e. The molecule has 15 heavy (non-hydrogen) atoms. The molecule has 6 heteroatoms. The lowest BCUT2D eigenvalue weighted by atomic mass is 10.1. The van der Waals surface area contributed by atoms with Crippen LogP contribution in [0, 0.1) is 5.82 Å². The molecule has 0 aliphatic carbocycles. The van der Waals surface area contributed by atoms with E-state index in [9.17, 15) is 9.18 Å². The van der Waals surface area contributed by atoms with Crippen LogP contribution in [-0.4, -0.2) is 11.9 Å². The van der Waals surface area contributed by atoms with Gasteiger partial charge in [-0.15, -0.1) is 0 Å². The fraction of sp³-hybridized carbons (Fsp3) is 0.111. The number of aliphatic imine (C=N–C) groups is 1. The normalized spacial score (nSPS) is 20.0. The van der Waals surface area contributed by atoms with Crippen LogP contribution in [0.25, 0.3) is 0 Å². The zero-order valence-electron chi connectivity index (χ0n) is 7.50. The van der Waals surface area contributed by atoms with E-state index in [0.29, 0.717) is 10.0 Å². The van der Waals surface area contributed by atoms with Crippen LogP contribution >= 0.6 is 15.9 Å². The number of hydrogen-bond donors (Lipinski definition) is 2. The van der Waals surface area contributed by atoms with Crippen molar-refractivity contribution in [3.8, 4) is 0 Å². The van der Waals surface area contributed by atoms with Gasteiger partial charge >= 0.3 is 0 Å². The summed E-state index contributed by atoms with van der Waals surface area (Å²) in [4.78, 5) is 15.2. The van der Waals surface area contributed by atoms with Gasteiger partial charge in [0.1, 0.15) is 5.82 Å². The number of benzene rings is 1. The summed E-state index contributed by atoms with van der Waals surface area (Å²) < 4.78 is 13.5. The van der Waals surface area contributed by atoms with Gasteiger partial charge in [0.05, 0.1) is 4.47 Å². The van der Waals surface area contributed by atoms with Crippen LogP contribution in [0.4, 0.5) is 4.39 Å². The van der Waals surface area contributed by atoms with Gasteiger partial charge in [0.25, 0.3) is 5.91 Å². The first kappa shape index (κ1) is 10.1. The van der Waals surface area contributed by atoms with Gasteiger partial charge < -0.3 is 5.73 Å². The Hall–Kier alpha value is -1.43. The number of hydrogen-bond acceptors (Lipinski definition) is 3. The Labute approximate surface area is 93.5 Å². The minimum absolute atomic E-state index is 0.0633. The summed E-state index contributed by atoms with van der Waals surface area (Å²) in [7, 11) is 0. The number of guanidine groups is 1. The quantitative estimate of drug-likeness (QED) is 0.803. The minimum Gasteiger partial charge on any atom is -0.370 e. The molecule has 0 spiro atoms. The van der Waals surface area contributed by atoms with E-state index < -0.39 is 11.9 Å². The van der Waals surface area contributed by atoms with Crippen molar-refractivity contribution in [3.63, 3.8) is 0 Å². The molecule has 2 rings (SSSR count). The zero-order valence-corrected chi connectivity index (χ0v) is 9.08. The van der Waals surface area contributed by atoms with Crippen molar-refractivity contribution in [2.24, 2.45) is 10.7 Å². The zero-order chi connectivity index (χ0) is 11.0. The van der Waals surface area contributed by atoms with E-state index in [2.05, 4.69) is 26.2 Å². The number of nitrogens with zero attached hydrogens (tertiary/aromatic N) is 1. The predicted molar refractivity (Wildman–Crippen MR) is 56.6 cm³/mol. The Kier molecular flexibility index (Phi) is 2.44. The molecule has 1 aliphatic rings. The molecule has 1 aliphatic heterocycles. The van der Waals surface area contributed by atoms with Crippen molar-refractivity contribution in [2.45, 2.75) is 6.04 Å². The Balaban J connectivity index is 2.38. The Morgan fingerprint density at radius 1 is 1.53 bits per heavy atom. The molecule has 0 saturated heterocycles. The summed E-state index contributed by atoms with van der Waals surface area (Å²) in [6, 6.07) is 3.67. The van der Waals surface area contributed by atoms with Crippen molar-refractivity contribution in [1.29, 1.82) is 0 Å². The highest BCUT2D eigenvalue weighted by atomic mass is 79.9. The van der Waals surface area contributed by atoms with E-state index in [1.807, 2.05) is 0 Å². The average molecular weight is 272 g/mol. The Bertz CT molecular complexity index is 461. The summed E-state index contributed by atoms with van der Waals surface area (Å²) in [6.45, 7) is 0. The van der Waals surface area contributed by atoms with Crippen molar-refractivity contribution < 1.29 is 9.18 Å². The van der Waals surface area contributed by atoms with Crippen LogP contribution in [-0.2, 0) is 4.79 Å². The number of halogens is 2. The molecule has 4 nitrogen and oxygen atoms in total. The maximum atomic E-state index is 13.2. The number of nitrogens with two attached hydrogens (primary N) is 1. The summed E-state index contributed by atoms with van der Waals surface area (Å²) in [5.74, 6) is -0.705. The monoisotopic (exact) mass is 271 g/mol. The standard InChI is InChI=1S/C9H7BrFN3O/c10-5-2-1-4(3-6(5)11)7-8(15)14-9(12)13-7/h1-3,7H,(H3,12,13,14,15). The van der Waals surface area contributed by atoms with Gasteiger partial charge in [0, 0.05) is 0 Å². The molecule has 1 amide bonds. The first-order valence-electron chi connectivity index (χ1n) is 4.17. The highest BCUT2D eigenvalue weighted by Crippen LogP contribution is 2.24. The predicted octanol–water partition coefficient (Wildman–Crippen LogP) is 1.07. The first-order valence-corrected chi connectivity index (χ1v) is 4.96. The topological polar surface area (TPSA) is 67.5 Å². The molecule has 0 bridgehead atoms. The number of nitrogens with one attached hydrogen (secondary N) is 1. The van der Waals surface area contributed by atoms with E-state index >= 15 is 0 Å². The van der Waals surface area contributed by atoms with Crippen LogP contribution in [0.2, 0.25) is 0 Å². The molecule has 1 atom stereocenters. The van der Waals surface area contributed by atoms with E-state index in [-0.39, 0.29) is 11.9 Å². The molecular weight excluding hydrogens is 265 g/mol. The SMILES string of the molecule is NC1=NC(c2ccc(Br)c(F)c2)C(=O)N1. The van der Waals surface area contributed by atoms with Crippen LogP contribution in [0.3, 0.4) is 0 Å². The summed E-state index contributed by atoms with van der Waals surface area (Å²) in [5.41, 5.74) is 5.82. The molecule has 1 heterocycles. The van der Waals surface area contributed by atoms with Gasteiger partial charge in [-0.1, -0.05) is 6.07 Å². The lowest BCUT2D eigenvalue weighted by Crippen LogP contribution is -2.31. The third-order valence-electron chi connectivity index (χ3n) is 2.03. The lowest BCUT2D eigenvalue weighted by molar-refractivity contribution is -0.120. The number of carbonyl (C=O) groups is 1. The second kappa shape index (κ2) is 3.62. The van der Waals surface area contributed by atoms with Crippen LogP contribution in [0.1, 0.15) is 11.6 Å². The molecule has 0 aromatic heterocycles. The van der Waals surface area contributed by atoms with E-state index in [1.54, 1.807) is 6.07 Å². The highest BCUT2D eigenvalue weighted by Gasteiger charge is 2.26. The molecule has 0 radical (unpaired) electrons. The lowest BCUT2D eigenvalue weighted by Gasteiger charge is -2.05. The van der Waals surface area contributed by atoms with Crippen LogP contribution in [0.15, 0.2) is 27.7 Å². The molecule has 0 fully saturated rings. The molecule has 1 aromatic rings. The van der Waals surface area contributed by atoms with Crippen molar-refractivity contribution >= 4 is 27.8 Å². The van der Waals surface area contributed by atoms with Gasteiger partial charge in [-0.3, -0.25) is 10.1 Å². The average Bonchev–Trinajstić information content (AvgIpc) is 2.50. The van der Waals surface area contributed by atoms with Gasteiger partial charge in [0.2, 0.25) is 0 Å². The maximum absolute atomic E-state index is 13.2. The third-order valence-corrected chi connectivity index (χ3v) is 2.67. The molecule has 0 saturated carbocycles. The van der Waals surface area contributed by atoms with Gasteiger partial charge in [-0.25, -0.2) is 9.38 Å². The first-order chi connectivity index (χ1) is 7.08. The van der Waals surface area contributed by atoms with Crippen molar-refractivity contribution in [1.82, 2.24) is 5.32 Å². The van der Waals surface area contributed by atoms with Crippen molar-refractivity contribution in [3.05, 3.63) is 34.1 Å². The van der Waals surface area contributed by atoms with Gasteiger partial charge in [0.15, 0.2) is 12.0 Å². The van der Waals surface area contributed by atoms with Crippen LogP contribution in [0.5, 0.6) is 0 Å². The van der Waals surface area contributed by atoms with E-state index in [1.165, 1.54) is 12.1 Å². The van der Waals surface area contributed by atoms with Crippen molar-refractivity contribution in [2.75, 3.05) is 0 Å². The number of carbonyl (C=O) groups excluding carboxylic acids is 1.